The lowest BCUT2D eigenvalue weighted by Gasteiger charge is -2.35. The molecule has 0 bridgehead atoms. The molecule has 7 heteroatoms. The standard InChI is InChI=1S/C18H23N3O3S/c1-11(2)24-14-7-3-5-12(9-15-17(22)20-18(23)25-15)16(14)21-8-4-6-13(19)10-21/h3,5,7,9,11,13H,4,6,8,10,19H2,1-2H3,(H,20,22,23)/b15-9-/t13-/m1/s1. The Bertz CT molecular complexity index is 718. The van der Waals surface area contributed by atoms with Gasteiger partial charge in [-0.15, -0.1) is 0 Å². The number of para-hydroxylation sites is 1. The van der Waals surface area contributed by atoms with E-state index in [0.29, 0.717) is 4.91 Å². The summed E-state index contributed by atoms with van der Waals surface area (Å²) >= 11 is 0.922. The summed E-state index contributed by atoms with van der Waals surface area (Å²) < 4.78 is 6.00. The fraction of sp³-hybridized carbons (Fsp3) is 0.444. The number of carbonyl (C=O) groups excluding carboxylic acids is 2. The minimum Gasteiger partial charge on any atom is -0.489 e. The van der Waals surface area contributed by atoms with Crippen molar-refractivity contribution in [1.82, 2.24) is 5.32 Å². The predicted molar refractivity (Wildman–Crippen MR) is 101 cm³/mol. The lowest BCUT2D eigenvalue weighted by atomic mass is 10.0. The van der Waals surface area contributed by atoms with Gasteiger partial charge in [0.1, 0.15) is 5.75 Å². The van der Waals surface area contributed by atoms with Crippen LogP contribution in [0.5, 0.6) is 5.75 Å². The number of hydrogen-bond donors (Lipinski definition) is 2. The molecule has 2 heterocycles. The van der Waals surface area contributed by atoms with Crippen LogP contribution in [0.4, 0.5) is 10.5 Å². The molecule has 0 aromatic heterocycles. The van der Waals surface area contributed by atoms with Crippen molar-refractivity contribution < 1.29 is 14.3 Å². The van der Waals surface area contributed by atoms with Gasteiger partial charge in [0.15, 0.2) is 0 Å². The Morgan fingerprint density at radius 1 is 1.40 bits per heavy atom. The number of nitrogens with two attached hydrogens (primary N) is 1. The summed E-state index contributed by atoms with van der Waals surface area (Å²) in [5, 5.41) is 1.95. The van der Waals surface area contributed by atoms with Gasteiger partial charge in [0.25, 0.3) is 11.1 Å². The van der Waals surface area contributed by atoms with E-state index in [1.54, 1.807) is 6.08 Å². The Morgan fingerprint density at radius 3 is 2.84 bits per heavy atom. The molecule has 2 amide bonds. The van der Waals surface area contributed by atoms with Crippen molar-refractivity contribution in [3.8, 4) is 5.75 Å². The van der Waals surface area contributed by atoms with Crippen LogP contribution in [0.25, 0.3) is 6.08 Å². The Balaban J connectivity index is 2.03. The van der Waals surface area contributed by atoms with E-state index in [1.807, 2.05) is 32.0 Å². The number of imide groups is 1. The van der Waals surface area contributed by atoms with Gasteiger partial charge in [-0.1, -0.05) is 12.1 Å². The summed E-state index contributed by atoms with van der Waals surface area (Å²) in [6.45, 7) is 5.60. The molecule has 2 saturated heterocycles. The van der Waals surface area contributed by atoms with Crippen LogP contribution in [-0.4, -0.2) is 36.4 Å². The molecule has 3 N–H and O–H groups in total. The Morgan fingerprint density at radius 2 is 2.20 bits per heavy atom. The Kier molecular flexibility index (Phi) is 5.34. The first-order valence-corrected chi connectivity index (χ1v) is 9.30. The fourth-order valence-corrected chi connectivity index (χ4v) is 3.79. The minimum absolute atomic E-state index is 0.0332. The number of nitrogens with one attached hydrogen (secondary N) is 1. The molecular formula is C18H23N3O3S. The largest absolute Gasteiger partial charge is 0.489 e. The lowest BCUT2D eigenvalue weighted by molar-refractivity contribution is -0.115. The summed E-state index contributed by atoms with van der Waals surface area (Å²) in [5.41, 5.74) is 7.95. The number of carbonyl (C=O) groups is 2. The number of amides is 2. The molecule has 1 atom stereocenters. The highest BCUT2D eigenvalue weighted by Gasteiger charge is 2.27. The topological polar surface area (TPSA) is 84.7 Å². The average molecular weight is 361 g/mol. The number of thioether (sulfide) groups is 1. The van der Waals surface area contributed by atoms with Gasteiger partial charge in [0, 0.05) is 24.7 Å². The van der Waals surface area contributed by atoms with Crippen molar-refractivity contribution in [2.24, 2.45) is 5.73 Å². The van der Waals surface area contributed by atoms with E-state index in [-0.39, 0.29) is 23.3 Å². The van der Waals surface area contributed by atoms with Crippen LogP contribution in [0.2, 0.25) is 0 Å². The first kappa shape index (κ1) is 17.8. The molecule has 1 aromatic rings. The maximum atomic E-state index is 11.9. The number of ether oxygens (including phenoxy) is 1. The first-order valence-electron chi connectivity index (χ1n) is 8.49. The van der Waals surface area contributed by atoms with Crippen LogP contribution in [0.3, 0.4) is 0 Å². The van der Waals surface area contributed by atoms with Gasteiger partial charge < -0.3 is 15.4 Å². The van der Waals surface area contributed by atoms with E-state index in [1.165, 1.54) is 0 Å². The molecule has 0 aliphatic carbocycles. The second-order valence-electron chi connectivity index (χ2n) is 6.56. The van der Waals surface area contributed by atoms with Gasteiger partial charge in [-0.05, 0) is 50.6 Å². The maximum Gasteiger partial charge on any atom is 0.290 e. The van der Waals surface area contributed by atoms with Gasteiger partial charge in [-0.2, -0.15) is 0 Å². The number of benzene rings is 1. The number of hydrogen-bond acceptors (Lipinski definition) is 6. The molecule has 2 aliphatic heterocycles. The minimum atomic E-state index is -0.355. The molecule has 0 radical (unpaired) electrons. The van der Waals surface area contributed by atoms with Crippen LogP contribution in [0.1, 0.15) is 32.3 Å². The molecular weight excluding hydrogens is 338 g/mol. The zero-order valence-corrected chi connectivity index (χ0v) is 15.3. The van der Waals surface area contributed by atoms with E-state index in [0.717, 1.165) is 54.7 Å². The molecule has 25 heavy (non-hydrogen) atoms. The van der Waals surface area contributed by atoms with E-state index in [4.69, 9.17) is 10.5 Å². The van der Waals surface area contributed by atoms with Crippen LogP contribution in [-0.2, 0) is 4.79 Å². The van der Waals surface area contributed by atoms with Crippen molar-refractivity contribution in [2.75, 3.05) is 18.0 Å². The van der Waals surface area contributed by atoms with E-state index < -0.39 is 0 Å². The maximum absolute atomic E-state index is 11.9. The molecule has 0 saturated carbocycles. The third kappa shape index (κ3) is 4.16. The number of piperidine rings is 1. The average Bonchev–Trinajstić information content (AvgIpc) is 2.84. The summed E-state index contributed by atoms with van der Waals surface area (Å²) in [7, 11) is 0. The summed E-state index contributed by atoms with van der Waals surface area (Å²) in [6.07, 6.45) is 3.81. The lowest BCUT2D eigenvalue weighted by Crippen LogP contribution is -2.43. The van der Waals surface area contributed by atoms with Crippen molar-refractivity contribution in [2.45, 2.75) is 38.8 Å². The first-order chi connectivity index (χ1) is 11.9. The molecule has 3 rings (SSSR count). The van der Waals surface area contributed by atoms with Crippen molar-refractivity contribution >= 4 is 34.7 Å². The Labute approximate surface area is 151 Å². The third-order valence-electron chi connectivity index (χ3n) is 4.10. The van der Waals surface area contributed by atoms with Gasteiger partial charge in [0.05, 0.1) is 16.7 Å². The van der Waals surface area contributed by atoms with Crippen molar-refractivity contribution in [3.63, 3.8) is 0 Å². The van der Waals surface area contributed by atoms with E-state index in [9.17, 15) is 9.59 Å². The van der Waals surface area contributed by atoms with Crippen molar-refractivity contribution in [1.29, 1.82) is 0 Å². The molecule has 6 nitrogen and oxygen atoms in total. The summed E-state index contributed by atoms with van der Waals surface area (Å²) in [6, 6.07) is 5.89. The second-order valence-corrected chi connectivity index (χ2v) is 7.58. The SMILES string of the molecule is CC(C)Oc1cccc(/C=C2\SC(=O)NC2=O)c1N1CCC[C@@H](N)C1. The predicted octanol–water partition coefficient (Wildman–Crippen LogP) is 2.73. The normalized spacial score (nSPS) is 22.6. The third-order valence-corrected chi connectivity index (χ3v) is 4.91. The fourth-order valence-electron chi connectivity index (χ4n) is 3.12. The molecule has 2 aliphatic rings. The summed E-state index contributed by atoms with van der Waals surface area (Å²) in [5.74, 6) is 0.416. The number of nitrogens with zero attached hydrogens (tertiary/aromatic N) is 1. The van der Waals surface area contributed by atoms with Crippen molar-refractivity contribution in [3.05, 3.63) is 28.7 Å². The van der Waals surface area contributed by atoms with Crippen LogP contribution < -0.4 is 20.7 Å². The van der Waals surface area contributed by atoms with E-state index in [2.05, 4.69) is 10.2 Å². The van der Waals surface area contributed by atoms with E-state index >= 15 is 0 Å². The Hall–Kier alpha value is -1.99. The highest BCUT2D eigenvalue weighted by molar-refractivity contribution is 8.18. The summed E-state index contributed by atoms with van der Waals surface area (Å²) in [4.78, 5) is 26.0. The molecule has 2 fully saturated rings. The number of rotatable bonds is 4. The highest BCUT2D eigenvalue weighted by atomic mass is 32.2. The monoisotopic (exact) mass is 361 g/mol. The molecule has 0 spiro atoms. The molecule has 0 unspecified atom stereocenters. The smallest absolute Gasteiger partial charge is 0.290 e. The van der Waals surface area contributed by atoms with Crippen LogP contribution in [0.15, 0.2) is 23.1 Å². The van der Waals surface area contributed by atoms with Crippen LogP contribution in [0, 0.1) is 0 Å². The highest BCUT2D eigenvalue weighted by Crippen LogP contribution is 2.37. The number of anilines is 1. The quantitative estimate of drug-likeness (QED) is 0.802. The molecule has 1 aromatic carbocycles. The van der Waals surface area contributed by atoms with Gasteiger partial charge >= 0.3 is 0 Å². The van der Waals surface area contributed by atoms with Gasteiger partial charge in [-0.25, -0.2) is 0 Å². The zero-order valence-electron chi connectivity index (χ0n) is 14.5. The van der Waals surface area contributed by atoms with Gasteiger partial charge in [-0.3, -0.25) is 14.9 Å². The van der Waals surface area contributed by atoms with Gasteiger partial charge in [0.2, 0.25) is 0 Å². The second kappa shape index (κ2) is 7.49. The zero-order chi connectivity index (χ0) is 18.0. The molecule has 134 valence electrons. The van der Waals surface area contributed by atoms with Crippen LogP contribution >= 0.6 is 11.8 Å².